The standard InChI is InChI=1S/C10H18N4O2/c1-3-6(5-15)12-10(16)9-8(11)7(4-2)13-14-9/h6,15H,3-5,11H2,1-2H3,(H,12,16)(H,13,14). The van der Waals surface area contributed by atoms with Crippen molar-refractivity contribution in [1.82, 2.24) is 15.5 Å². The van der Waals surface area contributed by atoms with Gasteiger partial charge < -0.3 is 16.2 Å². The number of aliphatic hydroxyl groups is 1. The number of amides is 1. The number of aromatic amines is 1. The summed E-state index contributed by atoms with van der Waals surface area (Å²) in [7, 11) is 0. The van der Waals surface area contributed by atoms with Crippen LogP contribution in [0.15, 0.2) is 0 Å². The fourth-order valence-corrected chi connectivity index (χ4v) is 1.36. The molecule has 1 amide bonds. The number of nitrogens with two attached hydrogens (primary N) is 1. The van der Waals surface area contributed by atoms with Gasteiger partial charge in [0, 0.05) is 0 Å². The molecule has 1 unspecified atom stereocenters. The van der Waals surface area contributed by atoms with E-state index in [4.69, 9.17) is 10.8 Å². The highest BCUT2D eigenvalue weighted by molar-refractivity contribution is 5.97. The Bertz CT molecular complexity index is 358. The van der Waals surface area contributed by atoms with Crippen LogP contribution in [-0.2, 0) is 6.42 Å². The third kappa shape index (κ3) is 2.52. The maximum atomic E-state index is 11.7. The number of nitrogen functional groups attached to an aromatic ring is 1. The van der Waals surface area contributed by atoms with Crippen molar-refractivity contribution < 1.29 is 9.90 Å². The SMILES string of the molecule is CCc1[nH]nc(C(=O)NC(CC)CO)c1N. The fraction of sp³-hybridized carbons (Fsp3) is 0.600. The van der Waals surface area contributed by atoms with E-state index >= 15 is 0 Å². The number of carbonyl (C=O) groups is 1. The Morgan fingerprint density at radius 2 is 2.31 bits per heavy atom. The highest BCUT2D eigenvalue weighted by atomic mass is 16.3. The minimum Gasteiger partial charge on any atom is -0.395 e. The molecule has 1 rings (SSSR count). The number of anilines is 1. The summed E-state index contributed by atoms with van der Waals surface area (Å²) >= 11 is 0. The van der Waals surface area contributed by atoms with Crippen molar-refractivity contribution in [3.05, 3.63) is 11.4 Å². The van der Waals surface area contributed by atoms with Crippen LogP contribution < -0.4 is 11.1 Å². The first-order valence-electron chi connectivity index (χ1n) is 5.38. The molecule has 0 aliphatic heterocycles. The lowest BCUT2D eigenvalue weighted by Crippen LogP contribution is -2.37. The zero-order valence-corrected chi connectivity index (χ0v) is 9.58. The van der Waals surface area contributed by atoms with Crippen LogP contribution in [0.25, 0.3) is 0 Å². The van der Waals surface area contributed by atoms with Crippen molar-refractivity contribution in [2.45, 2.75) is 32.7 Å². The average molecular weight is 226 g/mol. The first kappa shape index (κ1) is 12.5. The molecule has 0 saturated heterocycles. The molecule has 1 aromatic heterocycles. The van der Waals surface area contributed by atoms with E-state index in [1.165, 1.54) is 0 Å². The van der Waals surface area contributed by atoms with Gasteiger partial charge in [-0.1, -0.05) is 13.8 Å². The lowest BCUT2D eigenvalue weighted by atomic mass is 10.2. The van der Waals surface area contributed by atoms with E-state index in [9.17, 15) is 4.79 Å². The Morgan fingerprint density at radius 1 is 1.62 bits per heavy atom. The van der Waals surface area contributed by atoms with E-state index in [1.807, 2.05) is 13.8 Å². The fourth-order valence-electron chi connectivity index (χ4n) is 1.36. The van der Waals surface area contributed by atoms with Crippen molar-refractivity contribution in [3.63, 3.8) is 0 Å². The summed E-state index contributed by atoms with van der Waals surface area (Å²) in [6.45, 7) is 3.72. The Kier molecular flexibility index (Phi) is 4.30. The highest BCUT2D eigenvalue weighted by Crippen LogP contribution is 2.14. The van der Waals surface area contributed by atoms with E-state index in [-0.39, 0.29) is 24.2 Å². The van der Waals surface area contributed by atoms with Gasteiger partial charge in [0.2, 0.25) is 0 Å². The molecular formula is C10H18N4O2. The second-order valence-electron chi connectivity index (χ2n) is 3.58. The van der Waals surface area contributed by atoms with Gasteiger partial charge in [0.05, 0.1) is 24.0 Å². The van der Waals surface area contributed by atoms with Crippen LogP contribution in [0.3, 0.4) is 0 Å². The van der Waals surface area contributed by atoms with Gasteiger partial charge in [-0.25, -0.2) is 0 Å². The average Bonchev–Trinajstić information content (AvgIpc) is 2.67. The smallest absolute Gasteiger partial charge is 0.274 e. The van der Waals surface area contributed by atoms with E-state index in [1.54, 1.807) is 0 Å². The number of aryl methyl sites for hydroxylation is 1. The number of H-pyrrole nitrogens is 1. The second-order valence-corrected chi connectivity index (χ2v) is 3.58. The van der Waals surface area contributed by atoms with Gasteiger partial charge in [0.25, 0.3) is 5.91 Å². The molecule has 0 aliphatic rings. The van der Waals surface area contributed by atoms with Gasteiger partial charge in [0.15, 0.2) is 5.69 Å². The molecular weight excluding hydrogens is 208 g/mol. The van der Waals surface area contributed by atoms with Gasteiger partial charge >= 0.3 is 0 Å². The van der Waals surface area contributed by atoms with Crippen LogP contribution in [0.1, 0.15) is 36.5 Å². The number of nitrogens with one attached hydrogen (secondary N) is 2. The number of hydrogen-bond donors (Lipinski definition) is 4. The van der Waals surface area contributed by atoms with Crippen LogP contribution in [0.2, 0.25) is 0 Å². The summed E-state index contributed by atoms with van der Waals surface area (Å²) in [6, 6.07) is -0.256. The van der Waals surface area contributed by atoms with Gasteiger partial charge in [0.1, 0.15) is 0 Å². The highest BCUT2D eigenvalue weighted by Gasteiger charge is 2.18. The van der Waals surface area contributed by atoms with Crippen LogP contribution in [0, 0.1) is 0 Å². The molecule has 0 radical (unpaired) electrons. The monoisotopic (exact) mass is 226 g/mol. The van der Waals surface area contributed by atoms with Crippen LogP contribution >= 0.6 is 0 Å². The van der Waals surface area contributed by atoms with Crippen molar-refractivity contribution in [1.29, 1.82) is 0 Å². The third-order valence-corrected chi connectivity index (χ3v) is 2.50. The summed E-state index contributed by atoms with van der Waals surface area (Å²) < 4.78 is 0. The molecule has 6 nitrogen and oxygen atoms in total. The van der Waals surface area contributed by atoms with E-state index in [0.717, 1.165) is 5.69 Å². The predicted molar refractivity (Wildman–Crippen MR) is 61.0 cm³/mol. The Labute approximate surface area is 94.2 Å². The molecule has 1 aromatic rings. The molecule has 1 atom stereocenters. The minimum absolute atomic E-state index is 0.0901. The van der Waals surface area contributed by atoms with E-state index in [2.05, 4.69) is 15.5 Å². The number of nitrogens with zero attached hydrogens (tertiary/aromatic N) is 1. The molecule has 1 heterocycles. The maximum Gasteiger partial charge on any atom is 0.274 e. The first-order chi connectivity index (χ1) is 7.63. The largest absolute Gasteiger partial charge is 0.395 e. The molecule has 90 valence electrons. The summed E-state index contributed by atoms with van der Waals surface area (Å²) in [5, 5.41) is 18.2. The molecule has 0 saturated carbocycles. The summed E-state index contributed by atoms with van der Waals surface area (Å²) in [5.41, 5.74) is 7.09. The van der Waals surface area contributed by atoms with E-state index < -0.39 is 0 Å². The summed E-state index contributed by atoms with van der Waals surface area (Å²) in [4.78, 5) is 11.7. The molecule has 0 bridgehead atoms. The second kappa shape index (κ2) is 5.50. The van der Waals surface area contributed by atoms with Gasteiger partial charge in [-0.15, -0.1) is 0 Å². The van der Waals surface area contributed by atoms with E-state index in [0.29, 0.717) is 18.5 Å². The maximum absolute atomic E-state index is 11.7. The van der Waals surface area contributed by atoms with Crippen molar-refractivity contribution in [2.75, 3.05) is 12.3 Å². The van der Waals surface area contributed by atoms with Crippen molar-refractivity contribution in [3.8, 4) is 0 Å². The summed E-state index contributed by atoms with van der Waals surface area (Å²) in [5.74, 6) is -0.352. The normalized spacial score (nSPS) is 12.4. The quantitative estimate of drug-likeness (QED) is 0.569. The third-order valence-electron chi connectivity index (χ3n) is 2.50. The Hall–Kier alpha value is -1.56. The molecule has 6 heteroatoms. The molecule has 16 heavy (non-hydrogen) atoms. The molecule has 0 fully saturated rings. The topological polar surface area (TPSA) is 104 Å². The predicted octanol–water partition coefficient (Wildman–Crippen LogP) is 0.0550. The molecule has 0 aromatic carbocycles. The van der Waals surface area contributed by atoms with Gasteiger partial charge in [-0.2, -0.15) is 5.10 Å². The van der Waals surface area contributed by atoms with Crippen molar-refractivity contribution in [2.24, 2.45) is 0 Å². The zero-order chi connectivity index (χ0) is 12.1. The number of hydrogen-bond acceptors (Lipinski definition) is 4. The van der Waals surface area contributed by atoms with Crippen LogP contribution in [-0.4, -0.2) is 33.9 Å². The lowest BCUT2D eigenvalue weighted by Gasteiger charge is -2.12. The first-order valence-corrected chi connectivity index (χ1v) is 5.38. The minimum atomic E-state index is -0.352. The van der Waals surface area contributed by atoms with Gasteiger partial charge in [-0.05, 0) is 12.8 Å². The Balaban J connectivity index is 2.76. The molecule has 5 N–H and O–H groups in total. The number of rotatable bonds is 5. The molecule has 0 spiro atoms. The zero-order valence-electron chi connectivity index (χ0n) is 9.58. The Morgan fingerprint density at radius 3 is 2.75 bits per heavy atom. The number of aliphatic hydroxyl groups excluding tert-OH is 1. The van der Waals surface area contributed by atoms with Crippen LogP contribution in [0.4, 0.5) is 5.69 Å². The van der Waals surface area contributed by atoms with Crippen molar-refractivity contribution >= 4 is 11.6 Å². The lowest BCUT2D eigenvalue weighted by molar-refractivity contribution is 0.0911. The number of aromatic nitrogens is 2. The number of carbonyl (C=O) groups excluding carboxylic acids is 1. The van der Waals surface area contributed by atoms with Crippen LogP contribution in [0.5, 0.6) is 0 Å². The summed E-state index contributed by atoms with van der Waals surface area (Å²) in [6.07, 6.45) is 1.36. The van der Waals surface area contributed by atoms with Gasteiger partial charge in [-0.3, -0.25) is 9.89 Å². The molecule has 0 aliphatic carbocycles.